The van der Waals surface area contributed by atoms with E-state index in [1.807, 2.05) is 63.6 Å². The average molecular weight is 847 g/mol. The van der Waals surface area contributed by atoms with Gasteiger partial charge in [-0.2, -0.15) is 0 Å². The second-order valence-corrected chi connectivity index (χ2v) is 18.3. The van der Waals surface area contributed by atoms with Crippen molar-refractivity contribution >= 4 is 45.8 Å². The number of aromatic amines is 2. The minimum atomic E-state index is -0.765. The fourth-order valence-corrected chi connectivity index (χ4v) is 9.46. The van der Waals surface area contributed by atoms with E-state index in [1.165, 1.54) is 14.2 Å². The zero-order valence-corrected chi connectivity index (χ0v) is 37.0. The number of hydrogen-bond acceptors (Lipinski definition) is 9. The lowest BCUT2D eigenvalue weighted by molar-refractivity contribution is -0.139. The van der Waals surface area contributed by atoms with Crippen molar-refractivity contribution in [3.63, 3.8) is 0 Å². The molecule has 0 aliphatic carbocycles. The van der Waals surface area contributed by atoms with Crippen LogP contribution in [0.25, 0.3) is 44.2 Å². The zero-order chi connectivity index (χ0) is 44.2. The molecule has 3 aromatic carbocycles. The molecule has 62 heavy (non-hydrogen) atoms. The summed E-state index contributed by atoms with van der Waals surface area (Å²) in [5.41, 5.74) is 6.08. The number of fused-ring (bicyclic) bond motifs is 6. The van der Waals surface area contributed by atoms with Gasteiger partial charge in [0.15, 0.2) is 0 Å². The number of rotatable bonds is 10. The zero-order valence-electron chi connectivity index (χ0n) is 37.0. The molecule has 0 saturated carbocycles. The van der Waals surface area contributed by atoms with Gasteiger partial charge in [0.1, 0.15) is 36.1 Å². The molecule has 5 aromatic rings. The number of H-pyrrole nitrogens is 2. The molecule has 2 saturated heterocycles. The molecule has 0 bridgehead atoms. The van der Waals surface area contributed by atoms with E-state index in [-0.39, 0.29) is 41.8 Å². The molecule has 0 spiro atoms. The monoisotopic (exact) mass is 846 g/mol. The summed E-state index contributed by atoms with van der Waals surface area (Å²) >= 11 is 0. The summed E-state index contributed by atoms with van der Waals surface area (Å²) < 4.78 is 16.2. The number of carbonyl (C=O) groups excluding carboxylic acids is 4. The Morgan fingerprint density at radius 2 is 1.68 bits per heavy atom. The average Bonchev–Trinajstić information content (AvgIpc) is 4.08. The van der Waals surface area contributed by atoms with Crippen molar-refractivity contribution in [3.8, 4) is 28.1 Å². The molecular weight excluding hydrogens is 789 g/mol. The lowest BCUT2D eigenvalue weighted by atomic mass is 9.81. The lowest BCUT2D eigenvalue weighted by Gasteiger charge is -2.38. The van der Waals surface area contributed by atoms with Crippen molar-refractivity contribution in [1.29, 1.82) is 0 Å². The van der Waals surface area contributed by atoms with Crippen LogP contribution >= 0.6 is 0 Å². The topological polar surface area (TPSA) is 184 Å². The van der Waals surface area contributed by atoms with E-state index in [0.717, 1.165) is 74.8 Å². The molecule has 15 heteroatoms. The Labute approximate surface area is 361 Å². The second-order valence-electron chi connectivity index (χ2n) is 18.3. The fourth-order valence-electron chi connectivity index (χ4n) is 9.46. The molecule has 328 valence electrons. The number of methoxy groups -OCH3 is 2. The standard InChI is InChI=1S/C47H58N8O7/c1-10-47(6,7)40(53-46(59)61-9)44(57)55-26(5)11-16-35(55)42-49-33-15-13-27-19-32-30-14-12-28(18-29(30)23-62-37(32)20-31(27)39(33)51-42)34-21-48-41(50-34)36-17-25(4)22-54(36)43(56)38(24(2)3)52-45(58)60-8/h12-15,18-21,24-26,35-36,38,40H,10-11,16-17,22-23H2,1-9H3,(H,48,50)(H,49,51)(H,52,58)(H,53,59)/t25-,26-,35-,36-,38-,40+/m0/s1. The molecular formula is C47H58N8O7. The third-order valence-electron chi connectivity index (χ3n) is 13.4. The number of likely N-dealkylation sites (tertiary alicyclic amines) is 2. The fraction of sp³-hybridized carbons (Fsp3) is 0.489. The Morgan fingerprint density at radius 3 is 2.40 bits per heavy atom. The van der Waals surface area contributed by atoms with Crippen LogP contribution in [0.1, 0.15) is 103 Å². The van der Waals surface area contributed by atoms with Crippen LogP contribution in [0.15, 0.2) is 48.7 Å². The molecule has 0 radical (unpaired) electrons. The predicted molar refractivity (Wildman–Crippen MR) is 235 cm³/mol. The summed E-state index contributed by atoms with van der Waals surface area (Å²) in [5, 5.41) is 7.51. The van der Waals surface area contributed by atoms with Gasteiger partial charge in [-0.25, -0.2) is 19.6 Å². The van der Waals surface area contributed by atoms with Gasteiger partial charge in [0, 0.05) is 23.5 Å². The minimum absolute atomic E-state index is 0.0404. The first-order valence-corrected chi connectivity index (χ1v) is 21.7. The summed E-state index contributed by atoms with van der Waals surface area (Å²) in [7, 11) is 2.60. The molecule has 4 N–H and O–H groups in total. The molecule has 0 unspecified atom stereocenters. The van der Waals surface area contributed by atoms with Crippen molar-refractivity contribution in [3.05, 3.63) is 65.9 Å². The summed E-state index contributed by atoms with van der Waals surface area (Å²) in [4.78, 5) is 73.3. The van der Waals surface area contributed by atoms with Gasteiger partial charge in [-0.1, -0.05) is 59.7 Å². The first-order valence-electron chi connectivity index (χ1n) is 21.7. The molecule has 6 atom stereocenters. The number of nitrogens with zero attached hydrogens (tertiary/aromatic N) is 4. The summed E-state index contributed by atoms with van der Waals surface area (Å²) in [5.74, 6) is 2.03. The van der Waals surface area contributed by atoms with Crippen LogP contribution in [0, 0.1) is 17.3 Å². The number of carbonyl (C=O) groups is 4. The second kappa shape index (κ2) is 16.6. The van der Waals surface area contributed by atoms with Crippen LogP contribution in [0.3, 0.4) is 0 Å². The van der Waals surface area contributed by atoms with Crippen LogP contribution < -0.4 is 15.4 Å². The smallest absolute Gasteiger partial charge is 0.407 e. The Kier molecular flexibility index (Phi) is 11.4. The quantitative estimate of drug-likeness (QED) is 0.108. The first-order chi connectivity index (χ1) is 29.6. The third kappa shape index (κ3) is 7.70. The molecule has 15 nitrogen and oxygen atoms in total. The third-order valence-corrected chi connectivity index (χ3v) is 13.4. The molecule has 2 fully saturated rings. The maximum Gasteiger partial charge on any atom is 0.407 e. The van der Waals surface area contributed by atoms with E-state index in [4.69, 9.17) is 24.2 Å². The van der Waals surface area contributed by atoms with E-state index in [2.05, 4.69) is 63.9 Å². The van der Waals surface area contributed by atoms with E-state index < -0.39 is 29.7 Å². The van der Waals surface area contributed by atoms with E-state index >= 15 is 0 Å². The van der Waals surface area contributed by atoms with Crippen LogP contribution in [0.2, 0.25) is 0 Å². The Bertz CT molecular complexity index is 2540. The van der Waals surface area contributed by atoms with Crippen LogP contribution in [0.4, 0.5) is 9.59 Å². The highest BCUT2D eigenvalue weighted by molar-refractivity contribution is 6.07. The number of nitrogens with one attached hydrogen (secondary N) is 4. The largest absolute Gasteiger partial charge is 0.488 e. The van der Waals surface area contributed by atoms with E-state index in [0.29, 0.717) is 31.2 Å². The highest BCUT2D eigenvalue weighted by Crippen LogP contribution is 2.44. The number of imidazole rings is 2. The SMILES string of the molecule is CCC(C)(C)[C@H](NC(=O)OC)C(=O)N1[C@@H](C)CC[C@H]1c1nc2c(ccc3cc4c(cc32)OCc2cc(-c3cnc([C@@H]5C[C@H](C)CN5C(=O)[C@@H](NC(=O)OC)C(C)C)[nH]3)ccc2-4)[nH]1. The van der Waals surface area contributed by atoms with Gasteiger partial charge >= 0.3 is 12.2 Å². The number of amides is 4. The summed E-state index contributed by atoms with van der Waals surface area (Å²) in [6, 6.07) is 12.6. The molecule has 5 heterocycles. The van der Waals surface area contributed by atoms with Gasteiger partial charge in [0.25, 0.3) is 0 Å². The first kappa shape index (κ1) is 42.6. The predicted octanol–water partition coefficient (Wildman–Crippen LogP) is 8.17. The number of benzene rings is 3. The Balaban J connectivity index is 1.05. The van der Waals surface area contributed by atoms with E-state index in [1.54, 1.807) is 0 Å². The van der Waals surface area contributed by atoms with E-state index in [9.17, 15) is 19.2 Å². The summed E-state index contributed by atoms with van der Waals surface area (Å²) in [6.07, 6.45) is 3.54. The van der Waals surface area contributed by atoms with Gasteiger partial charge in [-0.05, 0) is 96.2 Å². The highest BCUT2D eigenvalue weighted by atomic mass is 16.5. The number of aromatic nitrogens is 4. The Morgan fingerprint density at radius 1 is 0.919 bits per heavy atom. The van der Waals surface area contributed by atoms with Crippen molar-refractivity contribution in [2.75, 3.05) is 20.8 Å². The van der Waals surface area contributed by atoms with Crippen molar-refractivity contribution in [1.82, 2.24) is 40.4 Å². The van der Waals surface area contributed by atoms with Crippen molar-refractivity contribution < 1.29 is 33.4 Å². The highest BCUT2D eigenvalue weighted by Gasteiger charge is 2.45. The van der Waals surface area contributed by atoms with Gasteiger partial charge in [-0.3, -0.25) is 9.59 Å². The molecule has 3 aliphatic rings. The van der Waals surface area contributed by atoms with Crippen LogP contribution in [0.5, 0.6) is 5.75 Å². The molecule has 8 rings (SSSR count). The molecule has 3 aliphatic heterocycles. The van der Waals surface area contributed by atoms with Gasteiger partial charge in [0.05, 0.1) is 49.2 Å². The molecule has 2 aromatic heterocycles. The minimum Gasteiger partial charge on any atom is -0.488 e. The number of ether oxygens (including phenoxy) is 3. The van der Waals surface area contributed by atoms with Crippen LogP contribution in [-0.2, 0) is 25.7 Å². The molecule has 4 amide bonds. The van der Waals surface area contributed by atoms with Crippen molar-refractivity contribution in [2.24, 2.45) is 17.3 Å². The van der Waals surface area contributed by atoms with Gasteiger partial charge in [0.2, 0.25) is 11.8 Å². The van der Waals surface area contributed by atoms with Crippen LogP contribution in [-0.4, -0.2) is 92.6 Å². The Hall–Kier alpha value is -6.12. The van der Waals surface area contributed by atoms with Gasteiger partial charge in [-0.15, -0.1) is 0 Å². The number of alkyl carbamates (subject to hydrolysis) is 2. The maximum atomic E-state index is 14.3. The van der Waals surface area contributed by atoms with Gasteiger partial charge < -0.3 is 44.6 Å². The maximum absolute atomic E-state index is 14.3. The number of hydrogen-bond donors (Lipinski definition) is 4. The summed E-state index contributed by atoms with van der Waals surface area (Å²) in [6.45, 7) is 14.9. The van der Waals surface area contributed by atoms with Crippen molar-refractivity contribution in [2.45, 2.75) is 111 Å². The normalized spacial score (nSPS) is 20.7. The lowest BCUT2D eigenvalue weighted by Crippen LogP contribution is -2.56.